The molecule has 0 spiro atoms. The predicted octanol–water partition coefficient (Wildman–Crippen LogP) is 3.11. The van der Waals surface area contributed by atoms with Gasteiger partial charge in [-0.15, -0.1) is 0 Å². The first-order valence-electron chi connectivity index (χ1n) is 8.28. The van der Waals surface area contributed by atoms with Gasteiger partial charge >= 0.3 is 5.69 Å². The highest BCUT2D eigenvalue weighted by molar-refractivity contribution is 5.34. The van der Waals surface area contributed by atoms with Crippen LogP contribution in [0.1, 0.15) is 33.6 Å². The van der Waals surface area contributed by atoms with Crippen LogP contribution in [0.15, 0.2) is 53.3 Å². The maximum Gasteiger partial charge on any atom is 0.329 e. The van der Waals surface area contributed by atoms with Crippen molar-refractivity contribution in [1.82, 2.24) is 9.13 Å². The summed E-state index contributed by atoms with van der Waals surface area (Å²) in [5.74, 6) is 0. The number of benzene rings is 2. The molecule has 3 aromatic rings. The molecule has 0 aliphatic rings. The van der Waals surface area contributed by atoms with Crippen LogP contribution in [0, 0.1) is 36.5 Å². The molecule has 0 atom stereocenters. The zero-order valence-corrected chi connectivity index (χ0v) is 14.7. The Labute approximate surface area is 152 Å². The minimum atomic E-state index is -0.0929. The van der Waals surface area contributed by atoms with E-state index in [0.717, 1.165) is 22.5 Å². The monoisotopic (exact) mass is 342 g/mol. The molecule has 0 saturated carbocycles. The van der Waals surface area contributed by atoms with E-state index in [4.69, 9.17) is 10.5 Å². The second-order valence-electron chi connectivity index (χ2n) is 6.25. The summed E-state index contributed by atoms with van der Waals surface area (Å²) in [6.45, 7) is 4.69. The van der Waals surface area contributed by atoms with E-state index in [1.165, 1.54) is 0 Å². The quantitative estimate of drug-likeness (QED) is 0.731. The fourth-order valence-corrected chi connectivity index (χ4v) is 3.04. The van der Waals surface area contributed by atoms with Crippen molar-refractivity contribution in [2.45, 2.75) is 26.9 Å². The van der Waals surface area contributed by atoms with E-state index in [0.29, 0.717) is 24.2 Å². The molecule has 0 N–H and O–H groups in total. The van der Waals surface area contributed by atoms with Crippen LogP contribution in [0.25, 0.3) is 0 Å². The van der Waals surface area contributed by atoms with Gasteiger partial charge < -0.3 is 0 Å². The Hall–Kier alpha value is -3.57. The number of nitriles is 2. The van der Waals surface area contributed by atoms with E-state index >= 15 is 0 Å². The first kappa shape index (κ1) is 17.3. The summed E-state index contributed by atoms with van der Waals surface area (Å²) in [6.07, 6.45) is 0. The van der Waals surface area contributed by atoms with E-state index < -0.39 is 0 Å². The molecular weight excluding hydrogens is 324 g/mol. The maximum absolute atomic E-state index is 12.9. The van der Waals surface area contributed by atoms with Gasteiger partial charge in [0.1, 0.15) is 0 Å². The zero-order valence-electron chi connectivity index (χ0n) is 14.7. The third-order valence-corrected chi connectivity index (χ3v) is 4.59. The molecular formula is C21H18N4O. The molecule has 0 radical (unpaired) electrons. The third kappa shape index (κ3) is 3.29. The number of hydrogen-bond donors (Lipinski definition) is 0. The maximum atomic E-state index is 12.9. The molecule has 26 heavy (non-hydrogen) atoms. The number of nitrogens with zero attached hydrogens (tertiary/aromatic N) is 4. The fourth-order valence-electron chi connectivity index (χ4n) is 3.04. The minimum absolute atomic E-state index is 0.0929. The fraction of sp³-hybridized carbons (Fsp3) is 0.190. The van der Waals surface area contributed by atoms with Gasteiger partial charge in [0.05, 0.1) is 36.4 Å². The lowest BCUT2D eigenvalue weighted by molar-refractivity contribution is 0.672. The Morgan fingerprint density at radius 1 is 0.808 bits per heavy atom. The van der Waals surface area contributed by atoms with Gasteiger partial charge in [-0.25, -0.2) is 4.79 Å². The summed E-state index contributed by atoms with van der Waals surface area (Å²) in [7, 11) is 0. The van der Waals surface area contributed by atoms with Crippen LogP contribution < -0.4 is 5.69 Å². The van der Waals surface area contributed by atoms with Crippen molar-refractivity contribution >= 4 is 0 Å². The molecule has 128 valence electrons. The first-order valence-corrected chi connectivity index (χ1v) is 8.28. The van der Waals surface area contributed by atoms with Crippen molar-refractivity contribution in [3.8, 4) is 12.1 Å². The predicted molar refractivity (Wildman–Crippen MR) is 98.7 cm³/mol. The van der Waals surface area contributed by atoms with Gasteiger partial charge in [-0.05, 0) is 49.2 Å². The largest absolute Gasteiger partial charge is 0.329 e. The SMILES string of the molecule is Cc1c(C)n(Cc2cccc(C#N)c2)c(=O)n1Cc1cccc(C#N)c1. The lowest BCUT2D eigenvalue weighted by Gasteiger charge is -2.05. The van der Waals surface area contributed by atoms with Crippen LogP contribution >= 0.6 is 0 Å². The smallest absolute Gasteiger partial charge is 0.292 e. The van der Waals surface area contributed by atoms with Crippen LogP contribution in [0.4, 0.5) is 0 Å². The summed E-state index contributed by atoms with van der Waals surface area (Å²) >= 11 is 0. The molecule has 0 unspecified atom stereocenters. The summed E-state index contributed by atoms with van der Waals surface area (Å²) in [6, 6.07) is 18.8. The van der Waals surface area contributed by atoms with E-state index in [-0.39, 0.29) is 5.69 Å². The normalized spacial score (nSPS) is 10.3. The highest BCUT2D eigenvalue weighted by atomic mass is 16.1. The Morgan fingerprint density at radius 3 is 1.62 bits per heavy atom. The van der Waals surface area contributed by atoms with Crippen molar-refractivity contribution in [3.05, 3.63) is 92.7 Å². The molecule has 0 aliphatic carbocycles. The van der Waals surface area contributed by atoms with Crippen LogP contribution in [-0.2, 0) is 13.1 Å². The first-order chi connectivity index (χ1) is 12.5. The van der Waals surface area contributed by atoms with Crippen molar-refractivity contribution in [2.24, 2.45) is 0 Å². The van der Waals surface area contributed by atoms with Gasteiger partial charge in [0.15, 0.2) is 0 Å². The number of imidazole rings is 1. The van der Waals surface area contributed by atoms with Crippen molar-refractivity contribution in [1.29, 1.82) is 10.5 Å². The van der Waals surface area contributed by atoms with Gasteiger partial charge in [-0.2, -0.15) is 10.5 Å². The summed E-state index contributed by atoms with van der Waals surface area (Å²) < 4.78 is 3.44. The van der Waals surface area contributed by atoms with Crippen LogP contribution in [0.3, 0.4) is 0 Å². The number of rotatable bonds is 4. The third-order valence-electron chi connectivity index (χ3n) is 4.59. The van der Waals surface area contributed by atoms with Crippen molar-refractivity contribution in [3.63, 3.8) is 0 Å². The molecule has 1 aromatic heterocycles. The number of aromatic nitrogens is 2. The molecule has 0 bridgehead atoms. The lowest BCUT2D eigenvalue weighted by Crippen LogP contribution is -2.26. The van der Waals surface area contributed by atoms with Crippen molar-refractivity contribution in [2.75, 3.05) is 0 Å². The summed E-state index contributed by atoms with van der Waals surface area (Å²) in [4.78, 5) is 12.9. The standard InChI is InChI=1S/C21H18N4O/c1-15-16(2)25(14-20-8-4-6-18(10-20)12-23)21(26)24(15)13-19-7-3-5-17(9-19)11-22/h3-10H,13-14H2,1-2H3. The Bertz CT molecular complexity index is 1020. The molecule has 0 saturated heterocycles. The van der Waals surface area contributed by atoms with Gasteiger partial charge in [-0.3, -0.25) is 9.13 Å². The average molecular weight is 342 g/mol. The molecule has 2 aromatic carbocycles. The van der Waals surface area contributed by atoms with E-state index in [2.05, 4.69) is 12.1 Å². The summed E-state index contributed by atoms with van der Waals surface area (Å²) in [5, 5.41) is 18.1. The molecule has 0 aliphatic heterocycles. The van der Waals surface area contributed by atoms with Crippen LogP contribution in [0.5, 0.6) is 0 Å². The lowest BCUT2D eigenvalue weighted by atomic mass is 10.1. The average Bonchev–Trinajstić information content (AvgIpc) is 2.86. The van der Waals surface area contributed by atoms with Crippen LogP contribution in [-0.4, -0.2) is 9.13 Å². The number of hydrogen-bond acceptors (Lipinski definition) is 3. The van der Waals surface area contributed by atoms with Gasteiger partial charge in [-0.1, -0.05) is 24.3 Å². The van der Waals surface area contributed by atoms with E-state index in [1.807, 2.05) is 38.1 Å². The van der Waals surface area contributed by atoms with E-state index in [1.54, 1.807) is 33.4 Å². The zero-order chi connectivity index (χ0) is 18.7. The molecule has 5 heteroatoms. The topological polar surface area (TPSA) is 74.5 Å². The van der Waals surface area contributed by atoms with E-state index in [9.17, 15) is 4.79 Å². The second kappa shape index (κ2) is 7.13. The van der Waals surface area contributed by atoms with Gasteiger partial charge in [0.2, 0.25) is 0 Å². The molecule has 1 heterocycles. The molecule has 0 fully saturated rings. The van der Waals surface area contributed by atoms with Gasteiger partial charge in [0, 0.05) is 11.4 Å². The minimum Gasteiger partial charge on any atom is -0.292 e. The molecule has 3 rings (SSSR count). The molecule has 0 amide bonds. The Kier molecular flexibility index (Phi) is 4.73. The Morgan fingerprint density at radius 2 is 1.23 bits per heavy atom. The highest BCUT2D eigenvalue weighted by Gasteiger charge is 2.14. The Balaban J connectivity index is 1.97. The van der Waals surface area contributed by atoms with Gasteiger partial charge in [0.25, 0.3) is 0 Å². The highest BCUT2D eigenvalue weighted by Crippen LogP contribution is 2.13. The summed E-state index contributed by atoms with van der Waals surface area (Å²) in [5.41, 5.74) is 4.69. The second-order valence-corrected chi connectivity index (χ2v) is 6.25. The van der Waals surface area contributed by atoms with Crippen molar-refractivity contribution < 1.29 is 0 Å². The molecule has 5 nitrogen and oxygen atoms in total. The van der Waals surface area contributed by atoms with Crippen LogP contribution in [0.2, 0.25) is 0 Å².